The van der Waals surface area contributed by atoms with E-state index in [9.17, 15) is 18.0 Å². The summed E-state index contributed by atoms with van der Waals surface area (Å²) in [4.78, 5) is 26.8. The lowest BCUT2D eigenvalue weighted by atomic mass is 10.3. The van der Waals surface area contributed by atoms with Crippen molar-refractivity contribution in [3.63, 3.8) is 0 Å². The van der Waals surface area contributed by atoms with Crippen LogP contribution in [0.4, 0.5) is 0 Å². The van der Waals surface area contributed by atoms with Gasteiger partial charge in [-0.15, -0.1) is 0 Å². The van der Waals surface area contributed by atoms with Gasteiger partial charge in [0, 0.05) is 6.42 Å². The van der Waals surface area contributed by atoms with Crippen LogP contribution in [0.5, 0.6) is 0 Å². The summed E-state index contributed by atoms with van der Waals surface area (Å²) in [6.45, 7) is -0.687. The van der Waals surface area contributed by atoms with Gasteiger partial charge in [0.1, 0.15) is 6.54 Å². The smallest absolute Gasteiger partial charge is 0.325 e. The summed E-state index contributed by atoms with van der Waals surface area (Å²) in [5, 5.41) is -0.530. The first kappa shape index (κ1) is 17.9. The van der Waals surface area contributed by atoms with Crippen LogP contribution in [0.25, 0.3) is 0 Å². The topological polar surface area (TPSA) is 105 Å². The number of ether oxygens (including phenoxy) is 1. The average Bonchev–Trinajstić information content (AvgIpc) is 2.37. The Bertz CT molecular complexity index is 700. The maximum Gasteiger partial charge on any atom is 0.325 e. The van der Waals surface area contributed by atoms with Gasteiger partial charge < -0.3 is 4.74 Å². The van der Waals surface area contributed by atoms with Crippen LogP contribution in [0.15, 0.2) is 4.79 Å². The van der Waals surface area contributed by atoms with Gasteiger partial charge >= 0.3 is 5.97 Å². The molecule has 0 aliphatic rings. The predicted octanol–water partition coefficient (Wildman–Crippen LogP) is 0.242. The van der Waals surface area contributed by atoms with Crippen molar-refractivity contribution in [3.05, 3.63) is 26.4 Å². The second-order valence-electron chi connectivity index (χ2n) is 3.88. The molecule has 21 heavy (non-hydrogen) atoms. The van der Waals surface area contributed by atoms with Gasteiger partial charge in [-0.1, -0.05) is 23.2 Å². The molecule has 0 N–H and O–H groups in total. The van der Waals surface area contributed by atoms with E-state index in [2.05, 4.69) is 13.9 Å². The third-order valence-corrected chi connectivity index (χ3v) is 3.48. The fourth-order valence-electron chi connectivity index (χ4n) is 1.43. The molecule has 0 aliphatic carbocycles. The Morgan fingerprint density at radius 2 is 1.95 bits per heavy atom. The number of nitrogens with zero attached hydrogens (tertiary/aromatic N) is 2. The molecule has 118 valence electrons. The second-order valence-corrected chi connectivity index (χ2v) is 6.24. The molecule has 8 nitrogen and oxygen atoms in total. The number of rotatable bonds is 6. The monoisotopic (exact) mass is 358 g/mol. The lowest BCUT2D eigenvalue weighted by molar-refractivity contribution is -0.141. The maximum atomic E-state index is 11.9. The minimum absolute atomic E-state index is 0.0533. The molecule has 0 amide bonds. The van der Waals surface area contributed by atoms with Gasteiger partial charge in [-0.2, -0.15) is 8.42 Å². The third kappa shape index (κ3) is 5.27. The van der Waals surface area contributed by atoms with Gasteiger partial charge in [-0.25, -0.2) is 4.98 Å². The summed E-state index contributed by atoms with van der Waals surface area (Å²) in [5.41, 5.74) is -0.610. The molecule has 0 aromatic carbocycles. The zero-order chi connectivity index (χ0) is 16.2. The summed E-state index contributed by atoms with van der Waals surface area (Å²) < 4.78 is 31.8. The van der Waals surface area contributed by atoms with Crippen LogP contribution in [-0.2, 0) is 36.8 Å². The normalized spacial score (nSPS) is 11.4. The zero-order valence-corrected chi connectivity index (χ0v) is 13.5. The van der Waals surface area contributed by atoms with E-state index in [0.29, 0.717) is 0 Å². The molecule has 0 atom stereocenters. The number of esters is 1. The molecule has 0 spiro atoms. The van der Waals surface area contributed by atoms with Crippen LogP contribution in [0, 0.1) is 0 Å². The van der Waals surface area contributed by atoms with E-state index in [1.807, 2.05) is 0 Å². The van der Waals surface area contributed by atoms with Crippen LogP contribution < -0.4 is 5.56 Å². The van der Waals surface area contributed by atoms with Crippen molar-refractivity contribution >= 4 is 39.3 Å². The van der Waals surface area contributed by atoms with Gasteiger partial charge in [-0.05, 0) is 0 Å². The zero-order valence-electron chi connectivity index (χ0n) is 11.1. The van der Waals surface area contributed by atoms with Crippen LogP contribution in [0.1, 0.15) is 5.69 Å². The van der Waals surface area contributed by atoms with E-state index >= 15 is 0 Å². The molecule has 0 saturated heterocycles. The summed E-state index contributed by atoms with van der Waals surface area (Å²) in [5.74, 6) is -0.694. The highest BCUT2D eigenvalue weighted by atomic mass is 35.5. The Labute approximate surface area is 130 Å². The summed E-state index contributed by atoms with van der Waals surface area (Å²) in [6, 6.07) is 0. The van der Waals surface area contributed by atoms with E-state index in [0.717, 1.165) is 17.9 Å². The fourth-order valence-corrected chi connectivity index (χ4v) is 2.33. The van der Waals surface area contributed by atoms with E-state index in [1.165, 1.54) is 0 Å². The van der Waals surface area contributed by atoms with Crippen molar-refractivity contribution in [2.75, 3.05) is 20.0 Å². The highest BCUT2D eigenvalue weighted by Crippen LogP contribution is 2.15. The molecule has 1 rings (SSSR count). The number of methoxy groups -OCH3 is 1. The average molecular weight is 359 g/mol. The quantitative estimate of drug-likeness (QED) is 0.529. The van der Waals surface area contributed by atoms with Crippen molar-refractivity contribution < 1.29 is 22.1 Å². The Balaban J connectivity index is 3.13. The Hall–Kier alpha value is -1.16. The van der Waals surface area contributed by atoms with Gasteiger partial charge in [0.05, 0.1) is 25.7 Å². The molecule has 1 aromatic heterocycles. The highest BCUT2D eigenvalue weighted by molar-refractivity contribution is 7.85. The lowest BCUT2D eigenvalue weighted by Gasteiger charge is -2.13. The van der Waals surface area contributed by atoms with Crippen LogP contribution in [0.3, 0.4) is 0 Å². The summed E-state index contributed by atoms with van der Waals surface area (Å²) >= 11 is 11.5. The molecule has 0 radical (unpaired) electrons. The van der Waals surface area contributed by atoms with Gasteiger partial charge in [-0.3, -0.25) is 18.3 Å². The first-order valence-corrected chi connectivity index (χ1v) is 8.09. The fraction of sp³-hybridized carbons (Fsp3) is 0.500. The molecule has 1 aromatic rings. The minimum Gasteiger partial charge on any atom is -0.468 e. The SMILES string of the molecule is COC(=O)Cn1c(CCOS(C)(=O)=O)c(Cl)nc(Cl)c1=O. The van der Waals surface area contributed by atoms with Gasteiger partial charge in [0.2, 0.25) is 0 Å². The number of aromatic nitrogens is 2. The lowest BCUT2D eigenvalue weighted by Crippen LogP contribution is -2.30. The first-order chi connectivity index (χ1) is 9.65. The number of carbonyl (C=O) groups is 1. The highest BCUT2D eigenvalue weighted by Gasteiger charge is 2.17. The summed E-state index contributed by atoms with van der Waals surface area (Å²) in [6.07, 6.45) is 0.832. The summed E-state index contributed by atoms with van der Waals surface area (Å²) in [7, 11) is -2.48. The second kappa shape index (κ2) is 7.21. The molecule has 1 heterocycles. The van der Waals surface area contributed by atoms with Crippen molar-refractivity contribution in [3.8, 4) is 0 Å². The molecule has 0 fully saturated rings. The van der Waals surface area contributed by atoms with Crippen molar-refractivity contribution in [1.29, 1.82) is 0 Å². The Kier molecular flexibility index (Phi) is 6.14. The Morgan fingerprint density at radius 3 is 2.48 bits per heavy atom. The molecule has 0 unspecified atom stereocenters. The molecule has 11 heteroatoms. The maximum absolute atomic E-state index is 11.9. The first-order valence-electron chi connectivity index (χ1n) is 5.51. The molecule has 0 saturated carbocycles. The van der Waals surface area contributed by atoms with Crippen LogP contribution in [-0.4, -0.2) is 43.9 Å². The standard InChI is InChI=1S/C10H12Cl2N2O6S/c1-19-7(15)5-14-6(3-4-20-21(2,17)18)8(11)13-9(12)10(14)16/h3-5H2,1-2H3. The van der Waals surface area contributed by atoms with Crippen LogP contribution >= 0.6 is 23.2 Å². The van der Waals surface area contributed by atoms with Crippen molar-refractivity contribution in [2.45, 2.75) is 13.0 Å². The van der Waals surface area contributed by atoms with Crippen molar-refractivity contribution in [2.24, 2.45) is 0 Å². The number of halogens is 2. The van der Waals surface area contributed by atoms with Crippen molar-refractivity contribution in [1.82, 2.24) is 9.55 Å². The number of hydrogen-bond donors (Lipinski definition) is 0. The van der Waals surface area contributed by atoms with Crippen LogP contribution in [0.2, 0.25) is 10.3 Å². The van der Waals surface area contributed by atoms with E-state index in [1.54, 1.807) is 0 Å². The largest absolute Gasteiger partial charge is 0.468 e. The van der Waals surface area contributed by atoms with E-state index in [4.69, 9.17) is 23.2 Å². The number of hydrogen-bond acceptors (Lipinski definition) is 7. The van der Waals surface area contributed by atoms with Gasteiger partial charge in [0.25, 0.3) is 15.7 Å². The molecule has 0 aliphatic heterocycles. The number of carbonyl (C=O) groups excluding carboxylic acids is 1. The molecular weight excluding hydrogens is 347 g/mol. The minimum atomic E-state index is -3.63. The Morgan fingerprint density at radius 1 is 1.33 bits per heavy atom. The van der Waals surface area contributed by atoms with E-state index < -0.39 is 33.3 Å². The molecular formula is C10H12Cl2N2O6S. The molecule has 0 bridgehead atoms. The predicted molar refractivity (Wildman–Crippen MR) is 75.0 cm³/mol. The van der Waals surface area contributed by atoms with Gasteiger partial charge in [0.15, 0.2) is 10.3 Å². The van der Waals surface area contributed by atoms with E-state index in [-0.39, 0.29) is 23.9 Å². The third-order valence-electron chi connectivity index (χ3n) is 2.33.